The van der Waals surface area contributed by atoms with Crippen molar-refractivity contribution in [2.75, 3.05) is 44.2 Å². The van der Waals surface area contributed by atoms with Crippen LogP contribution in [0.25, 0.3) is 0 Å². The summed E-state index contributed by atoms with van der Waals surface area (Å²) < 4.78 is 44.7. The average Bonchev–Trinajstić information content (AvgIpc) is 2.75. The van der Waals surface area contributed by atoms with Crippen LogP contribution in [-0.2, 0) is 15.7 Å². The number of anilines is 1. The lowest BCUT2D eigenvalue weighted by atomic mass is 9.49. The lowest BCUT2D eigenvalue weighted by Gasteiger charge is -2.55. The lowest BCUT2D eigenvalue weighted by molar-refractivity contribution is -0.171. The number of piperazine rings is 1. The number of halogens is 4. The van der Waals surface area contributed by atoms with Gasteiger partial charge in [-0.15, -0.1) is 12.4 Å². The predicted octanol–water partition coefficient (Wildman–Crippen LogP) is 5.40. The zero-order chi connectivity index (χ0) is 22.3. The van der Waals surface area contributed by atoms with Crippen molar-refractivity contribution >= 4 is 24.1 Å². The molecule has 1 aromatic carbocycles. The van der Waals surface area contributed by atoms with E-state index in [9.17, 15) is 18.0 Å². The molecule has 0 aromatic heterocycles. The molecule has 5 fully saturated rings. The third-order valence-corrected chi connectivity index (χ3v) is 8.23. The molecule has 0 unspecified atom stereocenters. The first-order chi connectivity index (χ1) is 15.3. The second kappa shape index (κ2) is 9.65. The van der Waals surface area contributed by atoms with Crippen LogP contribution < -0.4 is 4.90 Å². The van der Waals surface area contributed by atoms with E-state index in [-0.39, 0.29) is 23.8 Å². The molecule has 33 heavy (non-hydrogen) atoms. The molecule has 4 bridgehead atoms. The number of carbonyl (C=O) groups excluding carboxylic acids is 1. The van der Waals surface area contributed by atoms with E-state index < -0.39 is 11.7 Å². The van der Waals surface area contributed by atoms with Crippen molar-refractivity contribution in [2.45, 2.75) is 51.1 Å². The molecule has 6 rings (SSSR count). The highest BCUT2D eigenvalue weighted by molar-refractivity contribution is 5.85. The van der Waals surface area contributed by atoms with Gasteiger partial charge in [-0.2, -0.15) is 13.2 Å². The number of esters is 1. The van der Waals surface area contributed by atoms with Crippen molar-refractivity contribution < 1.29 is 22.7 Å². The van der Waals surface area contributed by atoms with Crippen LogP contribution in [0.4, 0.5) is 18.9 Å². The number of hydrogen-bond donors (Lipinski definition) is 0. The molecule has 1 heterocycles. The zero-order valence-corrected chi connectivity index (χ0v) is 19.8. The number of ether oxygens (including phenoxy) is 1. The van der Waals surface area contributed by atoms with Crippen LogP contribution in [0.1, 0.15) is 50.5 Å². The smallest absolute Gasteiger partial charge is 0.416 e. The summed E-state index contributed by atoms with van der Waals surface area (Å²) in [5.74, 6) is 2.26. The molecular formula is C25H34ClF3N2O2. The molecule has 0 atom stereocenters. The summed E-state index contributed by atoms with van der Waals surface area (Å²) in [5, 5.41) is 0. The fourth-order valence-electron chi connectivity index (χ4n) is 7.08. The summed E-state index contributed by atoms with van der Waals surface area (Å²) in [6.45, 7) is 4.33. The minimum Gasteiger partial charge on any atom is -0.465 e. The molecule has 0 radical (unpaired) electrons. The summed E-state index contributed by atoms with van der Waals surface area (Å²) in [7, 11) is 0. The van der Waals surface area contributed by atoms with Crippen LogP contribution in [0.15, 0.2) is 24.3 Å². The third kappa shape index (κ3) is 5.29. The third-order valence-electron chi connectivity index (χ3n) is 8.23. The summed E-state index contributed by atoms with van der Waals surface area (Å²) in [4.78, 5) is 17.2. The quantitative estimate of drug-likeness (QED) is 0.398. The van der Waals surface area contributed by atoms with E-state index in [1.807, 2.05) is 4.90 Å². The monoisotopic (exact) mass is 486 g/mol. The van der Waals surface area contributed by atoms with Gasteiger partial charge >= 0.3 is 12.1 Å². The van der Waals surface area contributed by atoms with Gasteiger partial charge in [-0.05, 0) is 80.9 Å². The first kappa shape index (κ1) is 24.6. The van der Waals surface area contributed by atoms with Crippen LogP contribution in [0.5, 0.6) is 0 Å². The van der Waals surface area contributed by atoms with E-state index in [0.29, 0.717) is 25.4 Å². The van der Waals surface area contributed by atoms with Gasteiger partial charge in [0, 0.05) is 38.4 Å². The van der Waals surface area contributed by atoms with Crippen LogP contribution in [0.2, 0.25) is 0 Å². The molecule has 0 N–H and O–H groups in total. The minimum absolute atomic E-state index is 0. The second-order valence-corrected chi connectivity index (χ2v) is 10.6. The lowest BCUT2D eigenvalue weighted by Crippen LogP contribution is -2.50. The van der Waals surface area contributed by atoms with Crippen LogP contribution >= 0.6 is 12.4 Å². The van der Waals surface area contributed by atoms with Crippen LogP contribution in [0.3, 0.4) is 0 Å². The minimum atomic E-state index is -4.31. The number of alkyl halides is 3. The van der Waals surface area contributed by atoms with Gasteiger partial charge in [0.2, 0.25) is 0 Å². The SMILES string of the molecule is Cl.O=C(OCCCN1CCN(c2cccc(C(F)(F)F)c2)CC1)C12CC3CC(CC(C3)C1)C2. The summed E-state index contributed by atoms with van der Waals surface area (Å²) in [6, 6.07) is 5.57. The maximum absolute atomic E-state index is 13.0. The van der Waals surface area contributed by atoms with Gasteiger partial charge < -0.3 is 9.64 Å². The van der Waals surface area contributed by atoms with Gasteiger partial charge in [0.25, 0.3) is 0 Å². The fourth-order valence-corrected chi connectivity index (χ4v) is 7.08. The van der Waals surface area contributed by atoms with Crippen molar-refractivity contribution in [3.63, 3.8) is 0 Å². The number of hydrogen-bond acceptors (Lipinski definition) is 4. The first-order valence-corrected chi connectivity index (χ1v) is 12.1. The van der Waals surface area contributed by atoms with E-state index in [4.69, 9.17) is 4.74 Å². The topological polar surface area (TPSA) is 32.8 Å². The fraction of sp³-hybridized carbons (Fsp3) is 0.720. The molecule has 184 valence electrons. The maximum atomic E-state index is 13.0. The van der Waals surface area contributed by atoms with Crippen molar-refractivity contribution in [2.24, 2.45) is 23.2 Å². The Hall–Kier alpha value is -1.47. The molecule has 4 nitrogen and oxygen atoms in total. The van der Waals surface area contributed by atoms with Gasteiger partial charge in [0.1, 0.15) is 0 Å². The van der Waals surface area contributed by atoms with Crippen molar-refractivity contribution in [1.82, 2.24) is 4.90 Å². The van der Waals surface area contributed by atoms with Crippen molar-refractivity contribution in [1.29, 1.82) is 0 Å². The average molecular weight is 487 g/mol. The maximum Gasteiger partial charge on any atom is 0.416 e. The molecule has 1 saturated heterocycles. The van der Waals surface area contributed by atoms with E-state index in [1.54, 1.807) is 6.07 Å². The van der Waals surface area contributed by atoms with Crippen molar-refractivity contribution in [3.05, 3.63) is 29.8 Å². The molecule has 0 amide bonds. The molecule has 4 saturated carbocycles. The van der Waals surface area contributed by atoms with Gasteiger partial charge in [0.15, 0.2) is 0 Å². The molecule has 1 aliphatic heterocycles. The molecule has 8 heteroatoms. The number of benzene rings is 1. The standard InChI is InChI=1S/C25H33F3N2O2.ClH/c26-25(27,28)21-3-1-4-22(14-21)30-8-6-29(7-9-30)5-2-10-32-23(31)24-15-18-11-19(16-24)13-20(12-18)17-24;/h1,3-4,14,18-20H,2,5-13,15-17H2;1H. The molecule has 0 spiro atoms. The zero-order valence-electron chi connectivity index (χ0n) is 19.0. The highest BCUT2D eigenvalue weighted by Crippen LogP contribution is 2.60. The molecular weight excluding hydrogens is 453 g/mol. The second-order valence-electron chi connectivity index (χ2n) is 10.6. The summed E-state index contributed by atoms with van der Waals surface area (Å²) in [6.07, 6.45) is 3.56. The van der Waals surface area contributed by atoms with Gasteiger partial charge in [-0.1, -0.05) is 6.07 Å². The van der Waals surface area contributed by atoms with Gasteiger partial charge in [-0.3, -0.25) is 9.69 Å². The summed E-state index contributed by atoms with van der Waals surface area (Å²) in [5.41, 5.74) is -0.159. The Morgan fingerprint density at radius 2 is 1.61 bits per heavy atom. The molecule has 4 aliphatic carbocycles. The van der Waals surface area contributed by atoms with E-state index in [0.717, 1.165) is 69.1 Å². The Balaban J connectivity index is 0.00000259. The number of carbonyl (C=O) groups is 1. The Kier molecular flexibility index (Phi) is 7.21. The largest absolute Gasteiger partial charge is 0.465 e. The number of nitrogens with zero attached hydrogens (tertiary/aromatic N) is 2. The van der Waals surface area contributed by atoms with Gasteiger partial charge in [0.05, 0.1) is 17.6 Å². The van der Waals surface area contributed by atoms with Crippen LogP contribution in [0, 0.1) is 23.2 Å². The predicted molar refractivity (Wildman–Crippen MR) is 124 cm³/mol. The highest BCUT2D eigenvalue weighted by Gasteiger charge is 2.55. The Morgan fingerprint density at radius 3 is 2.18 bits per heavy atom. The van der Waals surface area contributed by atoms with Crippen LogP contribution in [-0.4, -0.2) is 50.2 Å². The molecule has 5 aliphatic rings. The Morgan fingerprint density at radius 1 is 1.00 bits per heavy atom. The summed E-state index contributed by atoms with van der Waals surface area (Å²) >= 11 is 0. The Bertz CT molecular complexity index is 804. The normalized spacial score (nSPS) is 31.4. The van der Waals surface area contributed by atoms with Crippen molar-refractivity contribution in [3.8, 4) is 0 Å². The first-order valence-electron chi connectivity index (χ1n) is 12.1. The van der Waals surface area contributed by atoms with E-state index in [2.05, 4.69) is 4.90 Å². The Labute approximate surface area is 200 Å². The highest BCUT2D eigenvalue weighted by atomic mass is 35.5. The van der Waals surface area contributed by atoms with E-state index in [1.165, 1.54) is 31.4 Å². The molecule has 1 aromatic rings. The number of rotatable bonds is 6. The van der Waals surface area contributed by atoms with E-state index >= 15 is 0 Å². The van der Waals surface area contributed by atoms with Gasteiger partial charge in [-0.25, -0.2) is 0 Å².